The van der Waals surface area contributed by atoms with E-state index in [4.69, 9.17) is 4.74 Å². The highest BCUT2D eigenvalue weighted by molar-refractivity contribution is 5.95. The molecule has 142 valence electrons. The van der Waals surface area contributed by atoms with Crippen LogP contribution in [0, 0.1) is 5.82 Å². The smallest absolute Gasteiger partial charge is 0.251 e. The fourth-order valence-electron chi connectivity index (χ4n) is 3.39. The van der Waals surface area contributed by atoms with Crippen LogP contribution in [-0.2, 0) is 14.9 Å². The topological polar surface area (TPSA) is 67.4 Å². The molecule has 1 aliphatic heterocycles. The van der Waals surface area contributed by atoms with Gasteiger partial charge in [0.15, 0.2) is 0 Å². The second-order valence-corrected chi connectivity index (χ2v) is 6.84. The molecule has 1 aliphatic rings. The van der Waals surface area contributed by atoms with Crippen molar-refractivity contribution in [3.8, 4) is 0 Å². The predicted octanol–water partition coefficient (Wildman–Crippen LogP) is 3.26. The molecule has 2 N–H and O–H groups in total. The van der Waals surface area contributed by atoms with Crippen molar-refractivity contribution in [1.82, 2.24) is 5.32 Å². The highest BCUT2D eigenvalue weighted by atomic mass is 19.1. The summed E-state index contributed by atoms with van der Waals surface area (Å²) in [6.07, 6.45) is 1.53. The summed E-state index contributed by atoms with van der Waals surface area (Å²) in [4.78, 5) is 23.6. The van der Waals surface area contributed by atoms with E-state index in [1.54, 1.807) is 36.4 Å². The molecule has 0 saturated carbocycles. The van der Waals surface area contributed by atoms with Gasteiger partial charge >= 0.3 is 0 Å². The van der Waals surface area contributed by atoms with Crippen molar-refractivity contribution in [2.45, 2.75) is 25.2 Å². The highest BCUT2D eigenvalue weighted by Gasteiger charge is 2.35. The lowest BCUT2D eigenvalue weighted by atomic mass is 9.74. The van der Waals surface area contributed by atoms with Crippen LogP contribution in [0.2, 0.25) is 0 Å². The molecule has 1 heterocycles. The molecule has 0 bridgehead atoms. The van der Waals surface area contributed by atoms with Gasteiger partial charge in [-0.05, 0) is 54.8 Å². The van der Waals surface area contributed by atoms with Crippen LogP contribution < -0.4 is 10.6 Å². The Morgan fingerprint density at radius 1 is 1.04 bits per heavy atom. The Kier molecular flexibility index (Phi) is 5.86. The zero-order valence-corrected chi connectivity index (χ0v) is 15.3. The van der Waals surface area contributed by atoms with Gasteiger partial charge in [-0.2, -0.15) is 0 Å². The minimum atomic E-state index is -0.274. The molecule has 1 saturated heterocycles. The van der Waals surface area contributed by atoms with Crippen molar-refractivity contribution in [1.29, 1.82) is 0 Å². The minimum absolute atomic E-state index is 0.159. The molecule has 0 atom stereocenters. The van der Waals surface area contributed by atoms with Crippen molar-refractivity contribution in [2.75, 3.05) is 25.1 Å². The van der Waals surface area contributed by atoms with E-state index in [2.05, 4.69) is 10.6 Å². The van der Waals surface area contributed by atoms with E-state index in [1.165, 1.54) is 19.1 Å². The van der Waals surface area contributed by atoms with E-state index >= 15 is 0 Å². The van der Waals surface area contributed by atoms with Gasteiger partial charge in [0, 0.05) is 43.3 Å². The summed E-state index contributed by atoms with van der Waals surface area (Å²) in [5.41, 5.74) is 1.91. The molecular formula is C21H23FN2O3. The second-order valence-electron chi connectivity index (χ2n) is 6.84. The molecule has 6 heteroatoms. The minimum Gasteiger partial charge on any atom is -0.381 e. The van der Waals surface area contributed by atoms with Gasteiger partial charge in [-0.15, -0.1) is 0 Å². The monoisotopic (exact) mass is 370 g/mol. The molecule has 0 spiro atoms. The maximum Gasteiger partial charge on any atom is 0.251 e. The average molecular weight is 370 g/mol. The van der Waals surface area contributed by atoms with E-state index < -0.39 is 0 Å². The number of nitrogens with one attached hydrogen (secondary N) is 2. The number of anilines is 1. The Morgan fingerprint density at radius 2 is 1.67 bits per heavy atom. The van der Waals surface area contributed by atoms with Crippen molar-refractivity contribution in [2.24, 2.45) is 0 Å². The van der Waals surface area contributed by atoms with Gasteiger partial charge < -0.3 is 15.4 Å². The third-order valence-corrected chi connectivity index (χ3v) is 4.96. The lowest BCUT2D eigenvalue weighted by Crippen LogP contribution is -2.44. The normalized spacial score (nSPS) is 15.8. The fourth-order valence-corrected chi connectivity index (χ4v) is 3.39. The Hall–Kier alpha value is -2.73. The molecule has 0 aliphatic carbocycles. The fraction of sp³-hybridized carbons (Fsp3) is 0.333. The van der Waals surface area contributed by atoms with Crippen LogP contribution in [0.3, 0.4) is 0 Å². The molecule has 2 amide bonds. The number of carbonyl (C=O) groups excluding carboxylic acids is 2. The molecule has 1 fully saturated rings. The summed E-state index contributed by atoms with van der Waals surface area (Å²) in [6, 6.07) is 13.2. The van der Waals surface area contributed by atoms with Gasteiger partial charge in [0.1, 0.15) is 5.82 Å². The first kappa shape index (κ1) is 19.0. The Labute approximate surface area is 157 Å². The highest BCUT2D eigenvalue weighted by Crippen LogP contribution is 2.34. The summed E-state index contributed by atoms with van der Waals surface area (Å²) < 4.78 is 18.8. The van der Waals surface area contributed by atoms with E-state index in [0.717, 1.165) is 18.4 Å². The van der Waals surface area contributed by atoms with Gasteiger partial charge in [-0.25, -0.2) is 4.39 Å². The summed E-state index contributed by atoms with van der Waals surface area (Å²) in [5, 5.41) is 5.68. The molecule has 0 radical (unpaired) electrons. The van der Waals surface area contributed by atoms with Gasteiger partial charge in [0.05, 0.1) is 0 Å². The Bertz CT molecular complexity index is 797. The van der Waals surface area contributed by atoms with Crippen LogP contribution in [0.15, 0.2) is 48.5 Å². The molecule has 2 aromatic rings. The molecular weight excluding hydrogens is 347 g/mol. The van der Waals surface area contributed by atoms with Crippen LogP contribution in [0.1, 0.15) is 35.7 Å². The number of benzene rings is 2. The maximum absolute atomic E-state index is 13.3. The van der Waals surface area contributed by atoms with E-state index in [-0.39, 0.29) is 23.0 Å². The van der Waals surface area contributed by atoms with Crippen LogP contribution >= 0.6 is 0 Å². The number of carbonyl (C=O) groups is 2. The standard InChI is InChI=1S/C21H23FN2O3/c1-15(25)24-19-8-2-16(3-9-19)20(26)23-14-21(10-12-27-13-11-21)17-4-6-18(22)7-5-17/h2-9H,10-14H2,1H3,(H,23,26)(H,24,25). The Morgan fingerprint density at radius 3 is 2.26 bits per heavy atom. The molecule has 0 unspecified atom stereocenters. The van der Waals surface area contributed by atoms with Crippen molar-refractivity contribution in [3.63, 3.8) is 0 Å². The number of amides is 2. The first-order valence-electron chi connectivity index (χ1n) is 8.98. The molecule has 27 heavy (non-hydrogen) atoms. The molecule has 0 aromatic heterocycles. The number of halogens is 1. The lowest BCUT2D eigenvalue weighted by molar-refractivity contribution is -0.114. The number of hydrogen-bond donors (Lipinski definition) is 2. The maximum atomic E-state index is 13.3. The zero-order chi connectivity index (χ0) is 19.3. The van der Waals surface area contributed by atoms with Gasteiger partial charge in [-0.1, -0.05) is 12.1 Å². The summed E-state index contributed by atoms with van der Waals surface area (Å²) in [7, 11) is 0. The van der Waals surface area contributed by atoms with Crippen molar-refractivity contribution in [3.05, 3.63) is 65.5 Å². The number of ether oxygens (including phenoxy) is 1. The third-order valence-electron chi connectivity index (χ3n) is 4.96. The quantitative estimate of drug-likeness (QED) is 0.849. The number of rotatable bonds is 5. The van der Waals surface area contributed by atoms with Gasteiger partial charge in [-0.3, -0.25) is 9.59 Å². The van der Waals surface area contributed by atoms with Gasteiger partial charge in [0.2, 0.25) is 5.91 Å². The van der Waals surface area contributed by atoms with Crippen LogP contribution in [0.4, 0.5) is 10.1 Å². The van der Waals surface area contributed by atoms with E-state index in [1.807, 2.05) is 0 Å². The molecule has 2 aromatic carbocycles. The van der Waals surface area contributed by atoms with Gasteiger partial charge in [0.25, 0.3) is 5.91 Å². The predicted molar refractivity (Wildman–Crippen MR) is 101 cm³/mol. The Balaban J connectivity index is 1.70. The van der Waals surface area contributed by atoms with Crippen LogP contribution in [-0.4, -0.2) is 31.6 Å². The van der Waals surface area contributed by atoms with Crippen LogP contribution in [0.5, 0.6) is 0 Å². The third kappa shape index (κ3) is 4.71. The summed E-state index contributed by atoms with van der Waals surface area (Å²) >= 11 is 0. The second kappa shape index (κ2) is 8.31. The zero-order valence-electron chi connectivity index (χ0n) is 15.3. The van der Waals surface area contributed by atoms with E-state index in [0.29, 0.717) is 31.0 Å². The number of hydrogen-bond acceptors (Lipinski definition) is 3. The average Bonchev–Trinajstić information content (AvgIpc) is 2.67. The van der Waals surface area contributed by atoms with Crippen molar-refractivity contribution < 1.29 is 18.7 Å². The van der Waals surface area contributed by atoms with Crippen LogP contribution in [0.25, 0.3) is 0 Å². The molecule has 5 nitrogen and oxygen atoms in total. The first-order valence-corrected chi connectivity index (χ1v) is 8.98. The molecule has 3 rings (SSSR count). The first-order chi connectivity index (χ1) is 13.0. The largest absolute Gasteiger partial charge is 0.381 e. The van der Waals surface area contributed by atoms with E-state index in [9.17, 15) is 14.0 Å². The van der Waals surface area contributed by atoms with Crippen molar-refractivity contribution >= 4 is 17.5 Å². The lowest BCUT2D eigenvalue weighted by Gasteiger charge is -2.38. The summed E-state index contributed by atoms with van der Waals surface area (Å²) in [6.45, 7) is 3.11. The summed E-state index contributed by atoms with van der Waals surface area (Å²) in [5.74, 6) is -0.616. The SMILES string of the molecule is CC(=O)Nc1ccc(C(=O)NCC2(c3ccc(F)cc3)CCOCC2)cc1.